The largest absolute Gasteiger partial charge is 0.382 e. The van der Waals surface area contributed by atoms with Gasteiger partial charge in [-0.1, -0.05) is 0 Å². The second-order valence-electron chi connectivity index (χ2n) is 4.95. The van der Waals surface area contributed by atoms with E-state index in [-0.39, 0.29) is 11.7 Å². The Labute approximate surface area is 135 Å². The van der Waals surface area contributed by atoms with Crippen molar-refractivity contribution in [3.8, 4) is 0 Å². The van der Waals surface area contributed by atoms with Crippen LogP contribution in [0.4, 0.5) is 22.9 Å². The first-order valence-corrected chi connectivity index (χ1v) is 7.30. The molecule has 22 heavy (non-hydrogen) atoms. The maximum absolute atomic E-state index is 10.8. The number of azo groups is 1. The Kier molecular flexibility index (Phi) is 4.55. The second-order valence-corrected chi connectivity index (χ2v) is 5.80. The van der Waals surface area contributed by atoms with Crippen molar-refractivity contribution >= 4 is 38.8 Å². The molecule has 0 spiro atoms. The van der Waals surface area contributed by atoms with E-state index in [1.807, 2.05) is 13.8 Å². The molecule has 1 aromatic heterocycles. The Morgan fingerprint density at radius 2 is 2.09 bits per heavy atom. The van der Waals surface area contributed by atoms with Gasteiger partial charge in [0.05, 0.1) is 10.6 Å². The van der Waals surface area contributed by atoms with Gasteiger partial charge in [-0.05, 0) is 42.8 Å². The van der Waals surface area contributed by atoms with Gasteiger partial charge in [-0.2, -0.15) is 5.10 Å². The lowest BCUT2D eigenvalue weighted by atomic mass is 10.3. The predicted molar refractivity (Wildman–Crippen MR) is 86.7 cm³/mol. The number of rotatable bonds is 4. The summed E-state index contributed by atoms with van der Waals surface area (Å²) in [5.74, 6) is 0.415. The summed E-state index contributed by atoms with van der Waals surface area (Å²) in [6.07, 6.45) is 0. The number of nitrogens with zero attached hydrogens (tertiary/aromatic N) is 5. The average molecular weight is 367 g/mol. The molecule has 0 fully saturated rings. The molecule has 9 heteroatoms. The van der Waals surface area contributed by atoms with Crippen LogP contribution in [0.1, 0.15) is 25.6 Å². The van der Waals surface area contributed by atoms with Gasteiger partial charge in [0.1, 0.15) is 11.5 Å². The lowest BCUT2D eigenvalue weighted by molar-refractivity contribution is -0.384. The Bertz CT molecular complexity index is 753. The highest BCUT2D eigenvalue weighted by Crippen LogP contribution is 2.34. The fourth-order valence-electron chi connectivity index (χ4n) is 1.87. The molecule has 0 aliphatic heterocycles. The molecule has 2 N–H and O–H groups in total. The Hall–Kier alpha value is -2.29. The SMILES string of the molecule is Cc1nn(C(C)C)c(N)c1N=Nc1cc([N+](=O)[O-])ccc1Br. The highest BCUT2D eigenvalue weighted by atomic mass is 79.9. The van der Waals surface area contributed by atoms with Gasteiger partial charge >= 0.3 is 0 Å². The molecule has 1 heterocycles. The van der Waals surface area contributed by atoms with Crippen LogP contribution in [-0.4, -0.2) is 14.7 Å². The molecule has 0 aliphatic rings. The van der Waals surface area contributed by atoms with Crippen molar-refractivity contribution < 1.29 is 4.92 Å². The number of nitro groups is 1. The normalized spacial score (nSPS) is 11.5. The number of benzene rings is 1. The van der Waals surface area contributed by atoms with Crippen molar-refractivity contribution in [3.63, 3.8) is 0 Å². The van der Waals surface area contributed by atoms with E-state index >= 15 is 0 Å². The first-order chi connectivity index (χ1) is 10.3. The molecule has 0 saturated carbocycles. The molecule has 8 nitrogen and oxygen atoms in total. The Morgan fingerprint density at radius 3 is 2.64 bits per heavy atom. The Balaban J connectivity index is 2.41. The van der Waals surface area contributed by atoms with Crippen LogP contribution in [0.15, 0.2) is 32.9 Å². The monoisotopic (exact) mass is 366 g/mol. The molecular weight excluding hydrogens is 352 g/mol. The third kappa shape index (κ3) is 3.14. The molecular formula is C13H15BrN6O2. The molecule has 0 aliphatic carbocycles. The summed E-state index contributed by atoms with van der Waals surface area (Å²) in [6, 6.07) is 4.39. The third-order valence-corrected chi connectivity index (χ3v) is 3.65. The lowest BCUT2D eigenvalue weighted by Gasteiger charge is -2.06. The number of non-ortho nitro benzene ring substituents is 1. The van der Waals surface area contributed by atoms with Gasteiger partial charge in [0, 0.05) is 22.6 Å². The first-order valence-electron chi connectivity index (χ1n) is 6.51. The summed E-state index contributed by atoms with van der Waals surface area (Å²) in [6.45, 7) is 5.70. The molecule has 0 bridgehead atoms. The summed E-state index contributed by atoms with van der Waals surface area (Å²) in [4.78, 5) is 10.3. The van der Waals surface area contributed by atoms with Crippen LogP contribution in [0, 0.1) is 17.0 Å². The van der Waals surface area contributed by atoms with Gasteiger partial charge < -0.3 is 5.73 Å². The average Bonchev–Trinajstić information content (AvgIpc) is 2.73. The number of hydrogen-bond donors (Lipinski definition) is 1. The van der Waals surface area contributed by atoms with E-state index < -0.39 is 4.92 Å². The molecule has 0 atom stereocenters. The maximum Gasteiger partial charge on any atom is 0.271 e. The van der Waals surface area contributed by atoms with E-state index in [9.17, 15) is 10.1 Å². The molecule has 0 radical (unpaired) electrons. The van der Waals surface area contributed by atoms with Gasteiger partial charge in [-0.25, -0.2) is 4.68 Å². The number of hydrogen-bond acceptors (Lipinski definition) is 6. The fourth-order valence-corrected chi connectivity index (χ4v) is 2.19. The quantitative estimate of drug-likeness (QED) is 0.489. The summed E-state index contributed by atoms with van der Waals surface area (Å²) >= 11 is 3.29. The first kappa shape index (κ1) is 16.1. The van der Waals surface area contributed by atoms with Gasteiger partial charge in [0.25, 0.3) is 5.69 Å². The molecule has 0 unspecified atom stereocenters. The molecule has 2 aromatic rings. The standard InChI is InChI=1S/C13H15BrN6O2/c1-7(2)19-13(15)12(8(3)18-19)17-16-11-6-9(20(21)22)4-5-10(11)14/h4-7H,15H2,1-3H3. The van der Waals surface area contributed by atoms with Crippen molar-refractivity contribution in [1.29, 1.82) is 0 Å². The van der Waals surface area contributed by atoms with Crippen LogP contribution in [0.25, 0.3) is 0 Å². The lowest BCUT2D eigenvalue weighted by Crippen LogP contribution is -2.06. The molecule has 2 rings (SSSR count). The predicted octanol–water partition coefficient (Wildman–Crippen LogP) is 4.44. The zero-order chi connectivity index (χ0) is 16.4. The molecule has 1 aromatic carbocycles. The highest BCUT2D eigenvalue weighted by Gasteiger charge is 2.15. The van der Waals surface area contributed by atoms with E-state index in [1.165, 1.54) is 12.1 Å². The number of nitrogens with two attached hydrogens (primary N) is 1. The number of halogens is 1. The van der Waals surface area contributed by atoms with E-state index in [4.69, 9.17) is 5.73 Å². The zero-order valence-electron chi connectivity index (χ0n) is 12.3. The van der Waals surface area contributed by atoms with E-state index in [0.29, 0.717) is 27.4 Å². The minimum Gasteiger partial charge on any atom is -0.382 e. The van der Waals surface area contributed by atoms with E-state index in [2.05, 4.69) is 31.3 Å². The van der Waals surface area contributed by atoms with Crippen LogP contribution < -0.4 is 5.73 Å². The van der Waals surface area contributed by atoms with Crippen LogP contribution in [0.2, 0.25) is 0 Å². The molecule has 0 amide bonds. The van der Waals surface area contributed by atoms with Gasteiger partial charge in [-0.15, -0.1) is 10.2 Å². The van der Waals surface area contributed by atoms with E-state index in [0.717, 1.165) is 0 Å². The van der Waals surface area contributed by atoms with Crippen molar-refractivity contribution in [3.05, 3.63) is 38.5 Å². The van der Waals surface area contributed by atoms with E-state index in [1.54, 1.807) is 17.7 Å². The van der Waals surface area contributed by atoms with Crippen molar-refractivity contribution in [2.75, 3.05) is 5.73 Å². The number of aromatic nitrogens is 2. The summed E-state index contributed by atoms with van der Waals surface area (Å²) in [5, 5.41) is 23.3. The van der Waals surface area contributed by atoms with Crippen LogP contribution in [-0.2, 0) is 0 Å². The summed E-state index contributed by atoms with van der Waals surface area (Å²) < 4.78 is 2.26. The van der Waals surface area contributed by atoms with Crippen molar-refractivity contribution in [1.82, 2.24) is 9.78 Å². The van der Waals surface area contributed by atoms with Crippen LogP contribution >= 0.6 is 15.9 Å². The van der Waals surface area contributed by atoms with Crippen LogP contribution in [0.5, 0.6) is 0 Å². The number of nitrogen functional groups attached to an aromatic ring is 1. The van der Waals surface area contributed by atoms with Gasteiger partial charge in [0.15, 0.2) is 5.69 Å². The third-order valence-electron chi connectivity index (χ3n) is 2.98. The van der Waals surface area contributed by atoms with Gasteiger partial charge in [0.2, 0.25) is 0 Å². The molecule has 116 valence electrons. The Morgan fingerprint density at radius 1 is 1.41 bits per heavy atom. The fraction of sp³-hybridized carbons (Fsp3) is 0.308. The summed E-state index contributed by atoms with van der Waals surface area (Å²) in [7, 11) is 0. The minimum absolute atomic E-state index is 0.0558. The zero-order valence-corrected chi connectivity index (χ0v) is 13.9. The maximum atomic E-state index is 10.8. The summed E-state index contributed by atoms with van der Waals surface area (Å²) in [5.41, 5.74) is 7.42. The topological polar surface area (TPSA) is 112 Å². The number of aryl methyl sites for hydroxylation is 1. The smallest absolute Gasteiger partial charge is 0.271 e. The van der Waals surface area contributed by atoms with Gasteiger partial charge in [-0.3, -0.25) is 10.1 Å². The molecule has 0 saturated heterocycles. The number of anilines is 1. The minimum atomic E-state index is -0.484. The van der Waals surface area contributed by atoms with Crippen molar-refractivity contribution in [2.24, 2.45) is 10.2 Å². The second kappa shape index (κ2) is 6.22. The van der Waals surface area contributed by atoms with Crippen molar-refractivity contribution in [2.45, 2.75) is 26.8 Å². The highest BCUT2D eigenvalue weighted by molar-refractivity contribution is 9.10. The van der Waals surface area contributed by atoms with Crippen LogP contribution in [0.3, 0.4) is 0 Å². The number of nitro benzene ring substituents is 1.